The normalized spacial score (nSPS) is 23.9. The molecular weight excluding hydrogens is 284 g/mol. The second-order valence-electron chi connectivity index (χ2n) is 6.96. The lowest BCUT2D eigenvalue weighted by atomic mass is 10.0. The van der Waals surface area contributed by atoms with Crippen LogP contribution < -0.4 is 9.80 Å². The highest BCUT2D eigenvalue weighted by Crippen LogP contribution is 2.36. The zero-order valence-corrected chi connectivity index (χ0v) is 13.9. The van der Waals surface area contributed by atoms with E-state index in [1.807, 2.05) is 12.3 Å². The summed E-state index contributed by atoms with van der Waals surface area (Å²) in [6.45, 7) is 6.78. The highest BCUT2D eigenvalue weighted by Gasteiger charge is 2.29. The number of hydrogen-bond acceptors (Lipinski definition) is 4. The van der Waals surface area contributed by atoms with Crippen LogP contribution >= 0.6 is 0 Å². The predicted octanol–water partition coefficient (Wildman–Crippen LogP) is 3.80. The van der Waals surface area contributed by atoms with Crippen LogP contribution in [-0.2, 0) is 6.42 Å². The molecule has 2 unspecified atom stereocenters. The lowest BCUT2D eigenvalue weighted by molar-refractivity contribution is 0.444. The van der Waals surface area contributed by atoms with Gasteiger partial charge >= 0.3 is 0 Å². The van der Waals surface area contributed by atoms with E-state index in [0.29, 0.717) is 6.04 Å². The van der Waals surface area contributed by atoms with Gasteiger partial charge in [-0.2, -0.15) is 4.98 Å². The zero-order chi connectivity index (χ0) is 15.8. The molecule has 2 aliphatic rings. The monoisotopic (exact) mass is 308 g/mol. The van der Waals surface area contributed by atoms with Gasteiger partial charge in [-0.25, -0.2) is 4.98 Å². The average molecular weight is 308 g/mol. The first-order chi connectivity index (χ1) is 11.2. The van der Waals surface area contributed by atoms with Crippen LogP contribution in [-0.4, -0.2) is 29.1 Å². The van der Waals surface area contributed by atoms with E-state index in [1.54, 1.807) is 0 Å². The molecule has 0 bridgehead atoms. The largest absolute Gasteiger partial charge is 0.356 e. The molecule has 0 amide bonds. The molecule has 2 atom stereocenters. The van der Waals surface area contributed by atoms with Crippen LogP contribution in [0.15, 0.2) is 36.5 Å². The van der Waals surface area contributed by atoms with Crippen molar-refractivity contribution in [3.63, 3.8) is 0 Å². The summed E-state index contributed by atoms with van der Waals surface area (Å²) in [5.74, 6) is 2.64. The predicted molar refractivity (Wildman–Crippen MR) is 94.4 cm³/mol. The van der Waals surface area contributed by atoms with E-state index in [9.17, 15) is 0 Å². The van der Waals surface area contributed by atoms with Gasteiger partial charge in [-0.3, -0.25) is 0 Å². The Balaban J connectivity index is 1.66. The first-order valence-electron chi connectivity index (χ1n) is 8.67. The topological polar surface area (TPSA) is 32.3 Å². The lowest BCUT2D eigenvalue weighted by Crippen LogP contribution is -2.35. The summed E-state index contributed by atoms with van der Waals surface area (Å²) < 4.78 is 0. The molecule has 0 aliphatic carbocycles. The lowest BCUT2D eigenvalue weighted by Gasteiger charge is -2.32. The molecule has 1 fully saturated rings. The molecule has 23 heavy (non-hydrogen) atoms. The fourth-order valence-electron chi connectivity index (χ4n) is 3.90. The molecule has 1 aromatic carbocycles. The highest BCUT2D eigenvalue weighted by atomic mass is 15.3. The Morgan fingerprint density at radius 3 is 2.87 bits per heavy atom. The quantitative estimate of drug-likeness (QED) is 0.845. The first-order valence-corrected chi connectivity index (χ1v) is 8.67. The fourth-order valence-corrected chi connectivity index (χ4v) is 3.90. The van der Waals surface area contributed by atoms with Crippen LogP contribution in [0.25, 0.3) is 0 Å². The SMILES string of the molecule is CC1CCCN(c2ccnc(N3c4ccccc4CC3C)n2)C1. The number of piperidine rings is 1. The van der Waals surface area contributed by atoms with Gasteiger partial charge in [0.1, 0.15) is 5.82 Å². The third-order valence-electron chi connectivity index (χ3n) is 5.03. The van der Waals surface area contributed by atoms with E-state index in [-0.39, 0.29) is 0 Å². The molecule has 2 aromatic rings. The smallest absolute Gasteiger partial charge is 0.232 e. The minimum Gasteiger partial charge on any atom is -0.356 e. The summed E-state index contributed by atoms with van der Waals surface area (Å²) in [6, 6.07) is 11.1. The van der Waals surface area contributed by atoms with Gasteiger partial charge in [-0.05, 0) is 49.8 Å². The number of rotatable bonds is 2. The van der Waals surface area contributed by atoms with Crippen molar-refractivity contribution < 1.29 is 0 Å². The molecule has 0 N–H and O–H groups in total. The standard InChI is InChI=1S/C19H24N4/c1-14-6-5-11-22(13-14)18-9-10-20-19(21-18)23-15(2)12-16-7-3-4-8-17(16)23/h3-4,7-10,14-15H,5-6,11-13H2,1-2H3. The minimum atomic E-state index is 0.405. The van der Waals surface area contributed by atoms with E-state index in [0.717, 1.165) is 37.2 Å². The van der Waals surface area contributed by atoms with E-state index in [4.69, 9.17) is 4.98 Å². The molecule has 1 aromatic heterocycles. The summed E-state index contributed by atoms with van der Waals surface area (Å²) in [6.07, 6.45) is 5.55. The molecule has 2 aliphatic heterocycles. The number of nitrogens with zero attached hydrogens (tertiary/aromatic N) is 4. The Labute approximate surface area is 138 Å². The Kier molecular flexibility index (Phi) is 3.68. The Morgan fingerprint density at radius 1 is 1.13 bits per heavy atom. The fraction of sp³-hybridized carbons (Fsp3) is 0.474. The molecule has 0 spiro atoms. The van der Waals surface area contributed by atoms with Gasteiger partial charge in [-0.1, -0.05) is 25.1 Å². The third kappa shape index (κ3) is 2.67. The number of aromatic nitrogens is 2. The summed E-state index contributed by atoms with van der Waals surface area (Å²) in [7, 11) is 0. The molecule has 4 heteroatoms. The van der Waals surface area contributed by atoms with Crippen LogP contribution in [0.2, 0.25) is 0 Å². The summed E-state index contributed by atoms with van der Waals surface area (Å²) >= 11 is 0. The second kappa shape index (κ2) is 5.84. The summed E-state index contributed by atoms with van der Waals surface area (Å²) in [5.41, 5.74) is 2.64. The molecule has 1 saturated heterocycles. The van der Waals surface area contributed by atoms with Gasteiger partial charge in [0.05, 0.1) is 0 Å². The molecule has 4 rings (SSSR count). The molecule has 120 valence electrons. The molecular formula is C19H24N4. The van der Waals surface area contributed by atoms with Gasteiger partial charge in [-0.15, -0.1) is 0 Å². The van der Waals surface area contributed by atoms with Crippen LogP contribution in [0.4, 0.5) is 17.5 Å². The number of anilines is 3. The van der Waals surface area contributed by atoms with Crippen molar-refractivity contribution in [2.24, 2.45) is 5.92 Å². The van der Waals surface area contributed by atoms with Gasteiger partial charge in [0, 0.05) is 31.0 Å². The number of benzene rings is 1. The van der Waals surface area contributed by atoms with Crippen molar-refractivity contribution in [2.45, 2.75) is 39.2 Å². The Hall–Kier alpha value is -2.10. The van der Waals surface area contributed by atoms with E-state index < -0.39 is 0 Å². The Morgan fingerprint density at radius 2 is 2.00 bits per heavy atom. The Bertz CT molecular complexity index is 699. The van der Waals surface area contributed by atoms with E-state index in [1.165, 1.54) is 24.1 Å². The second-order valence-corrected chi connectivity index (χ2v) is 6.96. The van der Waals surface area contributed by atoms with Crippen LogP contribution in [0, 0.1) is 5.92 Å². The van der Waals surface area contributed by atoms with Crippen molar-refractivity contribution in [2.75, 3.05) is 22.9 Å². The summed E-state index contributed by atoms with van der Waals surface area (Å²) in [4.78, 5) is 14.2. The summed E-state index contributed by atoms with van der Waals surface area (Å²) in [5, 5.41) is 0. The highest BCUT2D eigenvalue weighted by molar-refractivity contribution is 5.67. The molecule has 0 saturated carbocycles. The minimum absolute atomic E-state index is 0.405. The third-order valence-corrected chi connectivity index (χ3v) is 5.03. The molecule has 4 nitrogen and oxygen atoms in total. The van der Waals surface area contributed by atoms with Gasteiger partial charge < -0.3 is 9.80 Å². The van der Waals surface area contributed by atoms with Gasteiger partial charge in [0.25, 0.3) is 0 Å². The van der Waals surface area contributed by atoms with Crippen molar-refractivity contribution in [3.8, 4) is 0 Å². The van der Waals surface area contributed by atoms with Crippen molar-refractivity contribution >= 4 is 17.5 Å². The molecule has 3 heterocycles. The van der Waals surface area contributed by atoms with Crippen molar-refractivity contribution in [1.82, 2.24) is 9.97 Å². The number of hydrogen-bond donors (Lipinski definition) is 0. The van der Waals surface area contributed by atoms with Gasteiger partial charge in [0.2, 0.25) is 5.95 Å². The maximum atomic E-state index is 4.90. The van der Waals surface area contributed by atoms with Crippen molar-refractivity contribution in [3.05, 3.63) is 42.1 Å². The maximum Gasteiger partial charge on any atom is 0.232 e. The number of para-hydroxylation sites is 1. The average Bonchev–Trinajstić information content (AvgIpc) is 2.91. The zero-order valence-electron chi connectivity index (χ0n) is 13.9. The van der Waals surface area contributed by atoms with Gasteiger partial charge in [0.15, 0.2) is 0 Å². The number of fused-ring (bicyclic) bond motifs is 1. The maximum absolute atomic E-state index is 4.90. The van der Waals surface area contributed by atoms with Crippen molar-refractivity contribution in [1.29, 1.82) is 0 Å². The van der Waals surface area contributed by atoms with E-state index in [2.05, 4.69) is 52.9 Å². The van der Waals surface area contributed by atoms with E-state index >= 15 is 0 Å². The van der Waals surface area contributed by atoms with Crippen LogP contribution in [0.1, 0.15) is 32.3 Å². The van der Waals surface area contributed by atoms with Crippen LogP contribution in [0.5, 0.6) is 0 Å². The van der Waals surface area contributed by atoms with Crippen LogP contribution in [0.3, 0.4) is 0 Å². The molecule has 0 radical (unpaired) electrons. The first kappa shape index (κ1) is 14.5.